The smallest absolute Gasteiger partial charge is 0.228 e. The van der Waals surface area contributed by atoms with E-state index in [9.17, 15) is 4.79 Å². The van der Waals surface area contributed by atoms with Gasteiger partial charge in [0.1, 0.15) is 6.07 Å². The number of rotatable bonds is 3. The van der Waals surface area contributed by atoms with E-state index in [0.717, 1.165) is 16.5 Å². The fourth-order valence-electron chi connectivity index (χ4n) is 2.34. The average molecular weight is 310 g/mol. The monoisotopic (exact) mass is 309 g/mol. The first kappa shape index (κ1) is 14.2. The van der Waals surface area contributed by atoms with Crippen LogP contribution in [-0.4, -0.2) is 10.9 Å². The predicted octanol–water partition coefficient (Wildman–Crippen LogP) is 3.87. The average Bonchev–Trinajstić information content (AvgIpc) is 2.91. The molecule has 5 heteroatoms. The zero-order chi connectivity index (χ0) is 15.5. The summed E-state index contributed by atoms with van der Waals surface area (Å²) in [6.45, 7) is 0. The number of halogens is 1. The van der Waals surface area contributed by atoms with Crippen molar-refractivity contribution in [3.05, 3.63) is 64.8 Å². The molecule has 0 spiro atoms. The molecule has 0 aliphatic rings. The number of nitriles is 1. The van der Waals surface area contributed by atoms with Crippen molar-refractivity contribution in [3.8, 4) is 6.07 Å². The number of fused-ring (bicyclic) bond motifs is 1. The highest BCUT2D eigenvalue weighted by Crippen LogP contribution is 2.21. The maximum atomic E-state index is 12.2. The van der Waals surface area contributed by atoms with Gasteiger partial charge < -0.3 is 10.3 Å². The normalized spacial score (nSPS) is 10.4. The number of nitrogens with zero attached hydrogens (tertiary/aromatic N) is 1. The number of para-hydroxylation sites is 1. The summed E-state index contributed by atoms with van der Waals surface area (Å²) in [4.78, 5) is 15.3. The lowest BCUT2D eigenvalue weighted by Gasteiger charge is -2.06. The van der Waals surface area contributed by atoms with Gasteiger partial charge in [-0.15, -0.1) is 0 Å². The third kappa shape index (κ3) is 2.80. The molecule has 1 amide bonds. The SMILES string of the molecule is N#Cc1ccc(NC(=O)Cc2c[nH]c3ccccc23)cc1Cl. The van der Waals surface area contributed by atoms with Crippen LogP contribution in [0.3, 0.4) is 0 Å². The molecule has 1 heterocycles. The molecule has 22 heavy (non-hydrogen) atoms. The lowest BCUT2D eigenvalue weighted by atomic mass is 10.1. The molecule has 0 aliphatic heterocycles. The molecule has 2 aromatic carbocycles. The van der Waals surface area contributed by atoms with Crippen LogP contribution in [0.2, 0.25) is 5.02 Å². The zero-order valence-electron chi connectivity index (χ0n) is 11.6. The van der Waals surface area contributed by atoms with Gasteiger partial charge in [-0.05, 0) is 29.8 Å². The number of aromatic amines is 1. The summed E-state index contributed by atoms with van der Waals surface area (Å²) in [7, 11) is 0. The summed E-state index contributed by atoms with van der Waals surface area (Å²) in [6, 6.07) is 14.6. The minimum Gasteiger partial charge on any atom is -0.361 e. The van der Waals surface area contributed by atoms with Crippen LogP contribution in [0.5, 0.6) is 0 Å². The minimum absolute atomic E-state index is 0.134. The first-order valence-corrected chi connectivity index (χ1v) is 7.09. The Morgan fingerprint density at radius 2 is 2.09 bits per heavy atom. The van der Waals surface area contributed by atoms with Gasteiger partial charge in [-0.1, -0.05) is 29.8 Å². The maximum absolute atomic E-state index is 12.2. The second-order valence-electron chi connectivity index (χ2n) is 4.89. The predicted molar refractivity (Wildman–Crippen MR) is 86.8 cm³/mol. The van der Waals surface area contributed by atoms with E-state index >= 15 is 0 Å². The quantitative estimate of drug-likeness (QED) is 0.771. The Balaban J connectivity index is 1.75. The van der Waals surface area contributed by atoms with E-state index in [2.05, 4.69) is 10.3 Å². The van der Waals surface area contributed by atoms with Gasteiger partial charge in [0.05, 0.1) is 17.0 Å². The van der Waals surface area contributed by atoms with E-state index in [0.29, 0.717) is 16.3 Å². The van der Waals surface area contributed by atoms with E-state index < -0.39 is 0 Å². The molecule has 0 saturated heterocycles. The number of amides is 1. The molecular formula is C17H12ClN3O. The van der Waals surface area contributed by atoms with Gasteiger partial charge in [0.2, 0.25) is 5.91 Å². The third-order valence-electron chi connectivity index (χ3n) is 3.40. The number of carbonyl (C=O) groups is 1. The third-order valence-corrected chi connectivity index (χ3v) is 3.71. The van der Waals surface area contributed by atoms with E-state index in [-0.39, 0.29) is 12.3 Å². The summed E-state index contributed by atoms with van der Waals surface area (Å²) in [5.74, 6) is -0.134. The molecule has 0 atom stereocenters. The molecule has 0 bridgehead atoms. The van der Waals surface area contributed by atoms with Crippen molar-refractivity contribution in [2.75, 3.05) is 5.32 Å². The van der Waals surface area contributed by atoms with E-state index in [1.807, 2.05) is 36.5 Å². The molecule has 0 unspecified atom stereocenters. The van der Waals surface area contributed by atoms with Gasteiger partial charge in [0, 0.05) is 22.8 Å². The van der Waals surface area contributed by atoms with Crippen molar-refractivity contribution in [1.29, 1.82) is 5.26 Å². The molecule has 0 saturated carbocycles. The fraction of sp³-hybridized carbons (Fsp3) is 0.0588. The Kier molecular flexibility index (Phi) is 3.82. The number of H-pyrrole nitrogens is 1. The Hall–Kier alpha value is -2.77. The number of hydrogen-bond acceptors (Lipinski definition) is 2. The van der Waals surface area contributed by atoms with Gasteiger partial charge >= 0.3 is 0 Å². The van der Waals surface area contributed by atoms with Gasteiger partial charge in [0.15, 0.2) is 0 Å². The Morgan fingerprint density at radius 3 is 2.86 bits per heavy atom. The molecular weight excluding hydrogens is 298 g/mol. The van der Waals surface area contributed by atoms with Crippen LogP contribution >= 0.6 is 11.6 Å². The second-order valence-corrected chi connectivity index (χ2v) is 5.30. The first-order valence-electron chi connectivity index (χ1n) is 6.72. The molecule has 3 rings (SSSR count). The van der Waals surface area contributed by atoms with E-state index in [1.165, 1.54) is 0 Å². The number of aromatic nitrogens is 1. The number of anilines is 1. The van der Waals surface area contributed by atoms with Crippen molar-refractivity contribution in [1.82, 2.24) is 4.98 Å². The topological polar surface area (TPSA) is 68.7 Å². The molecule has 4 nitrogen and oxygen atoms in total. The molecule has 0 fully saturated rings. The maximum Gasteiger partial charge on any atom is 0.228 e. The lowest BCUT2D eigenvalue weighted by Crippen LogP contribution is -2.14. The van der Waals surface area contributed by atoms with Crippen LogP contribution in [0.25, 0.3) is 10.9 Å². The minimum atomic E-state index is -0.134. The molecule has 108 valence electrons. The van der Waals surface area contributed by atoms with Crippen molar-refractivity contribution in [2.45, 2.75) is 6.42 Å². The standard InChI is InChI=1S/C17H12ClN3O/c18-15-8-13(6-5-11(15)9-19)21-17(22)7-12-10-20-16-4-2-1-3-14(12)16/h1-6,8,10,20H,7H2,(H,21,22). The van der Waals surface area contributed by atoms with Crippen LogP contribution in [0.15, 0.2) is 48.7 Å². The van der Waals surface area contributed by atoms with Crippen molar-refractivity contribution in [3.63, 3.8) is 0 Å². The molecule has 0 aliphatic carbocycles. The summed E-state index contributed by atoms with van der Waals surface area (Å²) in [5, 5.41) is 13.0. The lowest BCUT2D eigenvalue weighted by molar-refractivity contribution is -0.115. The summed E-state index contributed by atoms with van der Waals surface area (Å²) < 4.78 is 0. The van der Waals surface area contributed by atoms with E-state index in [1.54, 1.807) is 18.2 Å². The Labute approximate surface area is 132 Å². The number of benzene rings is 2. The number of hydrogen-bond donors (Lipinski definition) is 2. The Bertz CT molecular complexity index is 892. The van der Waals surface area contributed by atoms with Crippen LogP contribution in [0.4, 0.5) is 5.69 Å². The molecule has 1 aromatic heterocycles. The Morgan fingerprint density at radius 1 is 1.27 bits per heavy atom. The van der Waals surface area contributed by atoms with Crippen molar-refractivity contribution >= 4 is 34.1 Å². The molecule has 3 aromatic rings. The summed E-state index contributed by atoms with van der Waals surface area (Å²) in [5.41, 5.74) is 2.91. The van der Waals surface area contributed by atoms with Crippen molar-refractivity contribution in [2.24, 2.45) is 0 Å². The molecule has 2 N–H and O–H groups in total. The van der Waals surface area contributed by atoms with Crippen LogP contribution < -0.4 is 5.32 Å². The van der Waals surface area contributed by atoms with Crippen LogP contribution in [0, 0.1) is 11.3 Å². The van der Waals surface area contributed by atoms with Crippen molar-refractivity contribution < 1.29 is 4.79 Å². The van der Waals surface area contributed by atoms with Gasteiger partial charge in [-0.25, -0.2) is 0 Å². The largest absolute Gasteiger partial charge is 0.361 e. The number of nitrogens with one attached hydrogen (secondary N) is 2. The van der Waals surface area contributed by atoms with Gasteiger partial charge in [-0.2, -0.15) is 5.26 Å². The summed E-state index contributed by atoms with van der Waals surface area (Å²) >= 11 is 5.96. The van der Waals surface area contributed by atoms with E-state index in [4.69, 9.17) is 16.9 Å². The fourth-order valence-corrected chi connectivity index (χ4v) is 2.56. The van der Waals surface area contributed by atoms with Crippen LogP contribution in [0.1, 0.15) is 11.1 Å². The summed E-state index contributed by atoms with van der Waals surface area (Å²) in [6.07, 6.45) is 2.11. The highest BCUT2D eigenvalue weighted by atomic mass is 35.5. The number of carbonyl (C=O) groups excluding carboxylic acids is 1. The zero-order valence-corrected chi connectivity index (χ0v) is 12.3. The molecule has 0 radical (unpaired) electrons. The highest BCUT2D eigenvalue weighted by molar-refractivity contribution is 6.32. The van der Waals surface area contributed by atoms with Crippen LogP contribution in [-0.2, 0) is 11.2 Å². The highest BCUT2D eigenvalue weighted by Gasteiger charge is 2.09. The van der Waals surface area contributed by atoms with Gasteiger partial charge in [-0.3, -0.25) is 4.79 Å². The second kappa shape index (κ2) is 5.92. The van der Waals surface area contributed by atoms with Gasteiger partial charge in [0.25, 0.3) is 0 Å². The first-order chi connectivity index (χ1) is 10.7.